The molecule has 0 saturated carbocycles. The Morgan fingerprint density at radius 3 is 2.24 bits per heavy atom. The number of amides is 2. The first-order valence-corrected chi connectivity index (χ1v) is 15.2. The van der Waals surface area contributed by atoms with Gasteiger partial charge < -0.3 is 15.0 Å². The van der Waals surface area contributed by atoms with Crippen LogP contribution in [-0.2, 0) is 26.2 Å². The number of sulfonamides is 1. The Bertz CT molecular complexity index is 1190. The summed E-state index contributed by atoms with van der Waals surface area (Å²) in [7, 11) is -3.59. The topological polar surface area (TPSA) is 96.0 Å². The molecule has 0 heterocycles. The van der Waals surface area contributed by atoms with Gasteiger partial charge in [-0.2, -0.15) is 0 Å². The molecule has 2 rings (SSSR count). The lowest BCUT2D eigenvalue weighted by molar-refractivity contribution is -0.141. The lowest BCUT2D eigenvalue weighted by Crippen LogP contribution is -2.50. The maximum atomic E-state index is 13.5. The summed E-state index contributed by atoms with van der Waals surface area (Å²) in [4.78, 5) is 28.0. The molecule has 0 aromatic heterocycles. The second kappa shape index (κ2) is 14.6. The van der Waals surface area contributed by atoms with Gasteiger partial charge in [0.15, 0.2) is 0 Å². The smallest absolute Gasteiger partial charge is 0.243 e. The van der Waals surface area contributed by atoms with E-state index in [9.17, 15) is 18.0 Å². The molecule has 8 nitrogen and oxygen atoms in total. The SMILES string of the molecule is CCOc1ccc(N(CCCC(=O)N(Cc2ccc(Cl)cc2Cl)C(CC)C(=O)NC(C)C)S(C)(=O)=O)cc1. The zero-order valence-corrected chi connectivity index (χ0v) is 24.9. The van der Waals surface area contributed by atoms with Crippen molar-refractivity contribution in [2.75, 3.05) is 23.7 Å². The minimum absolute atomic E-state index is 0.0414. The van der Waals surface area contributed by atoms with Crippen molar-refractivity contribution in [2.45, 2.75) is 65.6 Å². The van der Waals surface area contributed by atoms with E-state index < -0.39 is 16.1 Å². The molecule has 11 heteroatoms. The van der Waals surface area contributed by atoms with Crippen molar-refractivity contribution in [3.63, 3.8) is 0 Å². The highest BCUT2D eigenvalue weighted by atomic mass is 35.5. The third-order valence-electron chi connectivity index (χ3n) is 5.76. The maximum absolute atomic E-state index is 13.5. The Balaban J connectivity index is 2.24. The first kappa shape index (κ1) is 31.7. The molecular weight excluding hydrogens is 549 g/mol. The molecule has 0 bridgehead atoms. The number of ether oxygens (including phenoxy) is 1. The van der Waals surface area contributed by atoms with Crippen LogP contribution in [-0.4, -0.2) is 56.6 Å². The summed E-state index contributed by atoms with van der Waals surface area (Å²) in [5.74, 6) is 0.108. The average molecular weight is 587 g/mol. The number of carbonyl (C=O) groups excluding carboxylic acids is 2. The summed E-state index contributed by atoms with van der Waals surface area (Å²) < 4.78 is 31.8. The third-order valence-corrected chi connectivity index (χ3v) is 7.54. The van der Waals surface area contributed by atoms with Crippen LogP contribution in [0.15, 0.2) is 42.5 Å². The minimum Gasteiger partial charge on any atom is -0.494 e. The molecular formula is C27H37Cl2N3O5S. The van der Waals surface area contributed by atoms with Crippen LogP contribution in [0.2, 0.25) is 10.0 Å². The molecule has 0 aliphatic rings. The zero-order valence-electron chi connectivity index (χ0n) is 22.5. The van der Waals surface area contributed by atoms with E-state index in [1.54, 1.807) is 42.5 Å². The van der Waals surface area contributed by atoms with Crippen molar-refractivity contribution in [1.29, 1.82) is 0 Å². The summed E-state index contributed by atoms with van der Waals surface area (Å²) >= 11 is 12.4. The van der Waals surface area contributed by atoms with Crippen molar-refractivity contribution in [3.8, 4) is 5.75 Å². The molecule has 210 valence electrons. The molecule has 0 aliphatic carbocycles. The van der Waals surface area contributed by atoms with Crippen LogP contribution in [0.5, 0.6) is 5.75 Å². The van der Waals surface area contributed by atoms with Crippen LogP contribution in [0.25, 0.3) is 0 Å². The lowest BCUT2D eigenvalue weighted by atomic mass is 10.1. The van der Waals surface area contributed by atoms with Crippen LogP contribution in [0.1, 0.15) is 52.5 Å². The van der Waals surface area contributed by atoms with E-state index in [1.165, 1.54) is 9.21 Å². The Morgan fingerprint density at radius 1 is 1.05 bits per heavy atom. The van der Waals surface area contributed by atoms with Crippen molar-refractivity contribution in [3.05, 3.63) is 58.1 Å². The molecule has 1 unspecified atom stereocenters. The number of nitrogens with one attached hydrogen (secondary N) is 1. The molecule has 1 atom stereocenters. The van der Waals surface area contributed by atoms with E-state index in [2.05, 4.69) is 5.32 Å². The highest BCUT2D eigenvalue weighted by Gasteiger charge is 2.29. The van der Waals surface area contributed by atoms with Gasteiger partial charge in [-0.05, 0) is 75.6 Å². The van der Waals surface area contributed by atoms with Gasteiger partial charge in [-0.25, -0.2) is 8.42 Å². The van der Waals surface area contributed by atoms with Crippen LogP contribution in [0.3, 0.4) is 0 Å². The van der Waals surface area contributed by atoms with Crippen LogP contribution in [0.4, 0.5) is 5.69 Å². The van der Waals surface area contributed by atoms with Crippen molar-refractivity contribution >= 4 is 50.7 Å². The summed E-state index contributed by atoms with van der Waals surface area (Å²) in [6.45, 7) is 8.14. The number of benzene rings is 2. The van der Waals surface area contributed by atoms with E-state index >= 15 is 0 Å². The summed E-state index contributed by atoms with van der Waals surface area (Å²) in [5, 5.41) is 3.75. The van der Waals surface area contributed by atoms with E-state index in [4.69, 9.17) is 27.9 Å². The number of hydrogen-bond donors (Lipinski definition) is 1. The van der Waals surface area contributed by atoms with Gasteiger partial charge in [0.25, 0.3) is 0 Å². The summed E-state index contributed by atoms with van der Waals surface area (Å²) in [6, 6.07) is 11.0. The van der Waals surface area contributed by atoms with E-state index in [-0.39, 0.29) is 43.8 Å². The molecule has 0 radical (unpaired) electrons. The number of nitrogens with zero attached hydrogens (tertiary/aromatic N) is 2. The average Bonchev–Trinajstić information content (AvgIpc) is 2.82. The van der Waals surface area contributed by atoms with Gasteiger partial charge in [0, 0.05) is 35.6 Å². The molecule has 38 heavy (non-hydrogen) atoms. The van der Waals surface area contributed by atoms with Crippen molar-refractivity contribution < 1.29 is 22.7 Å². The Kier molecular flexibility index (Phi) is 12.2. The van der Waals surface area contributed by atoms with Gasteiger partial charge in [0.1, 0.15) is 11.8 Å². The van der Waals surface area contributed by atoms with E-state index in [0.29, 0.717) is 40.1 Å². The molecule has 0 saturated heterocycles. The van der Waals surface area contributed by atoms with Crippen molar-refractivity contribution in [2.24, 2.45) is 0 Å². The predicted octanol–water partition coefficient (Wildman–Crippen LogP) is 5.27. The number of carbonyl (C=O) groups is 2. The van der Waals surface area contributed by atoms with Crippen LogP contribution >= 0.6 is 23.2 Å². The first-order chi connectivity index (χ1) is 17.9. The number of rotatable bonds is 14. The van der Waals surface area contributed by atoms with Crippen LogP contribution in [0, 0.1) is 0 Å². The van der Waals surface area contributed by atoms with E-state index in [1.807, 2.05) is 27.7 Å². The molecule has 2 amide bonds. The number of anilines is 1. The maximum Gasteiger partial charge on any atom is 0.243 e. The predicted molar refractivity (Wildman–Crippen MR) is 153 cm³/mol. The quantitative estimate of drug-likeness (QED) is 0.326. The Hall–Kier alpha value is -2.49. The van der Waals surface area contributed by atoms with Gasteiger partial charge >= 0.3 is 0 Å². The second-order valence-electron chi connectivity index (χ2n) is 9.21. The number of hydrogen-bond acceptors (Lipinski definition) is 5. The van der Waals surface area contributed by atoms with E-state index in [0.717, 1.165) is 6.26 Å². The standard InChI is InChI=1S/C27H37Cl2N3O5S/c1-6-25(27(34)30-19(3)4)31(18-20-10-11-21(28)17-24(20)29)26(33)9-8-16-32(38(5,35)36)22-12-14-23(15-13-22)37-7-2/h10-15,17,19,25H,6-9,16,18H2,1-5H3,(H,30,34). The fraction of sp³-hybridized carbons (Fsp3) is 0.481. The molecule has 0 aliphatic heterocycles. The fourth-order valence-corrected chi connectivity index (χ4v) is 5.45. The fourth-order valence-electron chi connectivity index (χ4n) is 4.01. The zero-order chi connectivity index (χ0) is 28.5. The molecule has 0 fully saturated rings. The lowest BCUT2D eigenvalue weighted by Gasteiger charge is -2.32. The van der Waals surface area contributed by atoms with Gasteiger partial charge in [-0.15, -0.1) is 0 Å². The monoisotopic (exact) mass is 585 g/mol. The second-order valence-corrected chi connectivity index (χ2v) is 12.0. The van der Waals surface area contributed by atoms with Gasteiger partial charge in [-0.1, -0.05) is 36.2 Å². The van der Waals surface area contributed by atoms with Gasteiger partial charge in [0.05, 0.1) is 18.6 Å². The van der Waals surface area contributed by atoms with Gasteiger partial charge in [0.2, 0.25) is 21.8 Å². The summed E-state index contributed by atoms with van der Waals surface area (Å²) in [5.41, 5.74) is 1.14. The number of halogens is 2. The first-order valence-electron chi connectivity index (χ1n) is 12.6. The Labute approximate surface area is 236 Å². The largest absolute Gasteiger partial charge is 0.494 e. The molecule has 2 aromatic rings. The molecule has 0 spiro atoms. The molecule has 2 aromatic carbocycles. The normalized spacial score (nSPS) is 12.2. The Morgan fingerprint density at radius 2 is 1.71 bits per heavy atom. The van der Waals surface area contributed by atoms with Gasteiger partial charge in [-0.3, -0.25) is 13.9 Å². The van der Waals surface area contributed by atoms with Crippen molar-refractivity contribution in [1.82, 2.24) is 10.2 Å². The minimum atomic E-state index is -3.59. The highest BCUT2D eigenvalue weighted by molar-refractivity contribution is 7.92. The van der Waals surface area contributed by atoms with Crippen LogP contribution < -0.4 is 14.4 Å². The third kappa shape index (κ3) is 9.36. The molecule has 1 N–H and O–H groups in total. The highest BCUT2D eigenvalue weighted by Crippen LogP contribution is 2.25. The summed E-state index contributed by atoms with van der Waals surface area (Å²) in [6.07, 6.45) is 1.83.